The highest BCUT2D eigenvalue weighted by Crippen LogP contribution is 2.16. The minimum atomic E-state index is 0.587. The fourth-order valence-corrected chi connectivity index (χ4v) is 1.93. The summed E-state index contributed by atoms with van der Waals surface area (Å²) in [5, 5.41) is 3.88. The van der Waals surface area contributed by atoms with E-state index in [0.717, 1.165) is 31.9 Å². The number of hydrogen-bond acceptors (Lipinski definition) is 4. The van der Waals surface area contributed by atoms with Gasteiger partial charge in [0.25, 0.3) is 0 Å². The van der Waals surface area contributed by atoms with Crippen molar-refractivity contribution in [3.63, 3.8) is 0 Å². The molecular formula is C10H15ClN4. The van der Waals surface area contributed by atoms with E-state index in [9.17, 15) is 0 Å². The molecule has 0 unspecified atom stereocenters. The number of anilines is 1. The van der Waals surface area contributed by atoms with Gasteiger partial charge in [-0.1, -0.05) is 11.6 Å². The van der Waals surface area contributed by atoms with Crippen LogP contribution in [-0.4, -0.2) is 36.1 Å². The maximum Gasteiger partial charge on any atom is 0.225 e. The van der Waals surface area contributed by atoms with Crippen molar-refractivity contribution in [1.82, 2.24) is 15.3 Å². The molecule has 5 heteroatoms. The Hall–Kier alpha value is -0.870. The Bertz CT molecular complexity index is 306. The highest BCUT2D eigenvalue weighted by atomic mass is 35.5. The number of piperidine rings is 1. The SMILES string of the molecule is CNC1CCN(c2ncc(Cl)cn2)CC1. The minimum Gasteiger partial charge on any atom is -0.341 e. The first-order valence-electron chi connectivity index (χ1n) is 5.19. The molecule has 0 radical (unpaired) electrons. The summed E-state index contributed by atoms with van der Waals surface area (Å²) >= 11 is 5.74. The highest BCUT2D eigenvalue weighted by molar-refractivity contribution is 6.30. The second kappa shape index (κ2) is 4.77. The molecule has 1 fully saturated rings. The molecule has 0 bridgehead atoms. The van der Waals surface area contributed by atoms with Gasteiger partial charge in [-0.3, -0.25) is 0 Å². The van der Waals surface area contributed by atoms with E-state index >= 15 is 0 Å². The van der Waals surface area contributed by atoms with Gasteiger partial charge in [-0.05, 0) is 19.9 Å². The standard InChI is InChI=1S/C10H15ClN4/c1-12-9-2-4-15(5-3-9)10-13-6-8(11)7-14-10/h6-7,9,12H,2-5H2,1H3. The van der Waals surface area contributed by atoms with Gasteiger partial charge in [0.05, 0.1) is 17.4 Å². The number of hydrogen-bond donors (Lipinski definition) is 1. The molecule has 2 heterocycles. The van der Waals surface area contributed by atoms with E-state index in [1.807, 2.05) is 7.05 Å². The van der Waals surface area contributed by atoms with E-state index in [-0.39, 0.29) is 0 Å². The summed E-state index contributed by atoms with van der Waals surface area (Å²) in [7, 11) is 2.01. The molecule has 0 aromatic carbocycles. The molecule has 1 saturated heterocycles. The van der Waals surface area contributed by atoms with E-state index in [1.165, 1.54) is 0 Å². The topological polar surface area (TPSA) is 41.0 Å². The van der Waals surface area contributed by atoms with Gasteiger partial charge < -0.3 is 10.2 Å². The van der Waals surface area contributed by atoms with Crippen LogP contribution >= 0.6 is 11.6 Å². The summed E-state index contributed by atoms with van der Waals surface area (Å²) in [5.74, 6) is 0.786. The van der Waals surface area contributed by atoms with Crippen molar-refractivity contribution in [1.29, 1.82) is 0 Å². The molecule has 4 nitrogen and oxygen atoms in total. The lowest BCUT2D eigenvalue weighted by Gasteiger charge is -2.31. The zero-order valence-electron chi connectivity index (χ0n) is 8.78. The van der Waals surface area contributed by atoms with Gasteiger partial charge in [0, 0.05) is 19.1 Å². The van der Waals surface area contributed by atoms with Crippen LogP contribution in [0.1, 0.15) is 12.8 Å². The fraction of sp³-hybridized carbons (Fsp3) is 0.600. The number of rotatable bonds is 2. The van der Waals surface area contributed by atoms with Crippen LogP contribution in [-0.2, 0) is 0 Å². The summed E-state index contributed by atoms with van der Waals surface area (Å²) in [5.41, 5.74) is 0. The number of aromatic nitrogens is 2. The molecule has 0 aliphatic carbocycles. The van der Waals surface area contributed by atoms with Crippen molar-refractivity contribution in [3.8, 4) is 0 Å². The lowest BCUT2D eigenvalue weighted by molar-refractivity contribution is 0.439. The van der Waals surface area contributed by atoms with Crippen molar-refractivity contribution < 1.29 is 0 Å². The van der Waals surface area contributed by atoms with Crippen molar-refractivity contribution in [2.75, 3.05) is 25.0 Å². The Labute approximate surface area is 94.7 Å². The maximum absolute atomic E-state index is 5.74. The van der Waals surface area contributed by atoms with Crippen molar-refractivity contribution in [2.24, 2.45) is 0 Å². The first-order valence-corrected chi connectivity index (χ1v) is 5.57. The lowest BCUT2D eigenvalue weighted by Crippen LogP contribution is -2.41. The highest BCUT2D eigenvalue weighted by Gasteiger charge is 2.19. The van der Waals surface area contributed by atoms with Crippen LogP contribution in [0.25, 0.3) is 0 Å². The molecule has 1 aromatic rings. The lowest BCUT2D eigenvalue weighted by atomic mass is 10.1. The zero-order valence-corrected chi connectivity index (χ0v) is 9.54. The third-order valence-corrected chi connectivity index (χ3v) is 2.99. The van der Waals surface area contributed by atoms with Crippen LogP contribution in [0, 0.1) is 0 Å². The van der Waals surface area contributed by atoms with Crippen LogP contribution in [0.3, 0.4) is 0 Å². The van der Waals surface area contributed by atoms with Gasteiger partial charge in [-0.2, -0.15) is 0 Å². The molecule has 1 N–H and O–H groups in total. The third-order valence-electron chi connectivity index (χ3n) is 2.79. The van der Waals surface area contributed by atoms with Gasteiger partial charge in [0.1, 0.15) is 0 Å². The second-order valence-corrected chi connectivity index (χ2v) is 4.19. The van der Waals surface area contributed by atoms with Crippen molar-refractivity contribution >= 4 is 17.5 Å². The number of nitrogens with one attached hydrogen (secondary N) is 1. The second-order valence-electron chi connectivity index (χ2n) is 3.75. The average molecular weight is 227 g/mol. The van der Waals surface area contributed by atoms with E-state index in [1.54, 1.807) is 12.4 Å². The van der Waals surface area contributed by atoms with Crippen LogP contribution in [0.5, 0.6) is 0 Å². The quantitative estimate of drug-likeness (QED) is 0.826. The van der Waals surface area contributed by atoms with E-state index in [2.05, 4.69) is 20.2 Å². The molecule has 15 heavy (non-hydrogen) atoms. The first-order chi connectivity index (χ1) is 7.29. The predicted octanol–water partition coefficient (Wildman–Crippen LogP) is 1.32. The Morgan fingerprint density at radius 3 is 2.47 bits per heavy atom. The van der Waals surface area contributed by atoms with Crippen molar-refractivity contribution in [2.45, 2.75) is 18.9 Å². The Morgan fingerprint density at radius 2 is 1.93 bits per heavy atom. The summed E-state index contributed by atoms with van der Waals surface area (Å²) in [6.07, 6.45) is 5.58. The minimum absolute atomic E-state index is 0.587. The van der Waals surface area contributed by atoms with Crippen LogP contribution in [0.4, 0.5) is 5.95 Å². The molecule has 82 valence electrons. The molecule has 0 spiro atoms. The van der Waals surface area contributed by atoms with Crippen LogP contribution in [0.15, 0.2) is 12.4 Å². The van der Waals surface area contributed by atoms with Crippen LogP contribution < -0.4 is 10.2 Å². The molecule has 1 aliphatic heterocycles. The Kier molecular flexibility index (Phi) is 3.38. The molecule has 0 saturated carbocycles. The first kappa shape index (κ1) is 10.6. The maximum atomic E-state index is 5.74. The van der Waals surface area contributed by atoms with Gasteiger partial charge in [-0.15, -0.1) is 0 Å². The molecular weight excluding hydrogens is 212 g/mol. The van der Waals surface area contributed by atoms with Gasteiger partial charge in [0.2, 0.25) is 5.95 Å². The Balaban J connectivity index is 1.98. The monoisotopic (exact) mass is 226 g/mol. The summed E-state index contributed by atoms with van der Waals surface area (Å²) in [6, 6.07) is 0.633. The molecule has 0 atom stereocenters. The number of nitrogens with zero attached hydrogens (tertiary/aromatic N) is 3. The Morgan fingerprint density at radius 1 is 1.33 bits per heavy atom. The summed E-state index contributed by atoms with van der Waals surface area (Å²) in [6.45, 7) is 2.01. The number of halogens is 1. The molecule has 1 aromatic heterocycles. The van der Waals surface area contributed by atoms with E-state index < -0.39 is 0 Å². The van der Waals surface area contributed by atoms with E-state index in [0.29, 0.717) is 11.1 Å². The normalized spacial score (nSPS) is 18.1. The van der Waals surface area contributed by atoms with Gasteiger partial charge in [0.15, 0.2) is 0 Å². The van der Waals surface area contributed by atoms with Gasteiger partial charge >= 0.3 is 0 Å². The predicted molar refractivity (Wildman–Crippen MR) is 61.3 cm³/mol. The van der Waals surface area contributed by atoms with E-state index in [4.69, 9.17) is 11.6 Å². The summed E-state index contributed by atoms with van der Waals surface area (Å²) < 4.78 is 0. The zero-order chi connectivity index (χ0) is 10.7. The van der Waals surface area contributed by atoms with Crippen LogP contribution in [0.2, 0.25) is 5.02 Å². The smallest absolute Gasteiger partial charge is 0.225 e. The average Bonchev–Trinajstić information content (AvgIpc) is 2.30. The van der Waals surface area contributed by atoms with Gasteiger partial charge in [-0.25, -0.2) is 9.97 Å². The molecule has 2 rings (SSSR count). The third kappa shape index (κ3) is 2.58. The molecule has 0 amide bonds. The fourth-order valence-electron chi connectivity index (χ4n) is 1.84. The summed E-state index contributed by atoms with van der Waals surface area (Å²) in [4.78, 5) is 10.6. The molecule has 1 aliphatic rings. The van der Waals surface area contributed by atoms with Crippen molar-refractivity contribution in [3.05, 3.63) is 17.4 Å². The largest absolute Gasteiger partial charge is 0.341 e.